The van der Waals surface area contributed by atoms with Crippen LogP contribution in [0.1, 0.15) is 34.5 Å². The van der Waals surface area contributed by atoms with Gasteiger partial charge in [-0.25, -0.2) is 0 Å². The van der Waals surface area contributed by atoms with Gasteiger partial charge in [0.1, 0.15) is 0 Å². The third-order valence-electron chi connectivity index (χ3n) is 4.65. The van der Waals surface area contributed by atoms with Crippen LogP contribution in [0.4, 0.5) is 0 Å². The zero-order chi connectivity index (χ0) is 16.2. The molecule has 0 aliphatic rings. The van der Waals surface area contributed by atoms with Crippen LogP contribution in [0.3, 0.4) is 0 Å². The fraction of sp³-hybridized carbons (Fsp3) is 0.350. The second-order valence-electron chi connectivity index (χ2n) is 6.26. The van der Waals surface area contributed by atoms with E-state index < -0.39 is 0 Å². The summed E-state index contributed by atoms with van der Waals surface area (Å²) in [5.74, 6) is 0. The van der Waals surface area contributed by atoms with E-state index in [2.05, 4.69) is 66.4 Å². The standard InChI is InChI=1S/C20H25N3.ClH/c1-14-7-4-5-8-17(14)13-21-11-6-9-19-20-18(10-12-22-19)15(2)16(3)23-20;/h4-5,7-8,10,12,21,23H,6,9,11,13H2,1-3H3;1H. The molecule has 0 aliphatic heterocycles. The van der Waals surface area contributed by atoms with Crippen LogP contribution >= 0.6 is 12.4 Å². The summed E-state index contributed by atoms with van der Waals surface area (Å²) in [7, 11) is 0. The lowest BCUT2D eigenvalue weighted by atomic mass is 10.1. The van der Waals surface area contributed by atoms with Crippen LogP contribution in [0.2, 0.25) is 0 Å². The molecule has 0 spiro atoms. The van der Waals surface area contributed by atoms with Crippen molar-refractivity contribution in [3.05, 3.63) is 64.6 Å². The lowest BCUT2D eigenvalue weighted by Gasteiger charge is -2.08. The molecule has 0 amide bonds. The van der Waals surface area contributed by atoms with Gasteiger partial charge in [-0.15, -0.1) is 12.4 Å². The molecule has 128 valence electrons. The van der Waals surface area contributed by atoms with Crippen molar-refractivity contribution < 1.29 is 0 Å². The first-order valence-electron chi connectivity index (χ1n) is 8.35. The molecule has 0 saturated heterocycles. The number of nitrogens with zero attached hydrogens (tertiary/aromatic N) is 1. The third-order valence-corrected chi connectivity index (χ3v) is 4.65. The molecule has 2 aromatic heterocycles. The summed E-state index contributed by atoms with van der Waals surface area (Å²) >= 11 is 0. The molecular formula is C20H26ClN3. The van der Waals surface area contributed by atoms with Crippen molar-refractivity contribution in [2.45, 2.75) is 40.2 Å². The maximum atomic E-state index is 4.57. The van der Waals surface area contributed by atoms with E-state index >= 15 is 0 Å². The Labute approximate surface area is 150 Å². The minimum atomic E-state index is 0. The average molecular weight is 344 g/mol. The Hall–Kier alpha value is -1.84. The van der Waals surface area contributed by atoms with Crippen molar-refractivity contribution in [2.24, 2.45) is 0 Å². The molecule has 3 nitrogen and oxygen atoms in total. The molecule has 2 heterocycles. The van der Waals surface area contributed by atoms with Gasteiger partial charge in [0.15, 0.2) is 0 Å². The van der Waals surface area contributed by atoms with Crippen LogP contribution < -0.4 is 5.32 Å². The van der Waals surface area contributed by atoms with Crippen molar-refractivity contribution in [1.29, 1.82) is 0 Å². The Morgan fingerprint density at radius 1 is 1.08 bits per heavy atom. The number of H-pyrrole nitrogens is 1. The quantitative estimate of drug-likeness (QED) is 0.640. The minimum Gasteiger partial charge on any atom is -0.357 e. The van der Waals surface area contributed by atoms with Gasteiger partial charge in [-0.1, -0.05) is 24.3 Å². The Bertz CT molecular complexity index is 808. The molecule has 0 saturated carbocycles. The average Bonchev–Trinajstić information content (AvgIpc) is 2.85. The minimum absolute atomic E-state index is 0. The summed E-state index contributed by atoms with van der Waals surface area (Å²) < 4.78 is 0. The highest BCUT2D eigenvalue weighted by Crippen LogP contribution is 2.23. The summed E-state index contributed by atoms with van der Waals surface area (Å²) in [6.45, 7) is 8.40. The Kier molecular flexibility index (Phi) is 6.41. The summed E-state index contributed by atoms with van der Waals surface area (Å²) in [6, 6.07) is 10.6. The lowest BCUT2D eigenvalue weighted by molar-refractivity contribution is 0.644. The second kappa shape index (κ2) is 8.32. The molecule has 4 heteroatoms. The first-order valence-corrected chi connectivity index (χ1v) is 8.35. The summed E-state index contributed by atoms with van der Waals surface area (Å²) in [6.07, 6.45) is 4.02. The predicted octanol–water partition coefficient (Wildman–Crippen LogP) is 4.63. The number of rotatable bonds is 6. The van der Waals surface area contributed by atoms with Crippen LogP contribution in [0, 0.1) is 20.8 Å². The molecule has 0 unspecified atom stereocenters. The van der Waals surface area contributed by atoms with Crippen molar-refractivity contribution >= 4 is 23.3 Å². The van der Waals surface area contributed by atoms with Crippen LogP contribution in [0.5, 0.6) is 0 Å². The number of pyridine rings is 1. The molecular weight excluding hydrogens is 318 g/mol. The van der Waals surface area contributed by atoms with Crippen LogP contribution in [-0.2, 0) is 13.0 Å². The summed E-state index contributed by atoms with van der Waals surface area (Å²) in [4.78, 5) is 8.06. The smallest absolute Gasteiger partial charge is 0.0677 e. The van der Waals surface area contributed by atoms with Crippen molar-refractivity contribution in [3.8, 4) is 0 Å². The normalized spacial score (nSPS) is 10.8. The van der Waals surface area contributed by atoms with E-state index in [0.717, 1.165) is 25.9 Å². The number of nitrogens with one attached hydrogen (secondary N) is 2. The summed E-state index contributed by atoms with van der Waals surface area (Å²) in [5, 5.41) is 4.85. The molecule has 0 aliphatic carbocycles. The SMILES string of the molecule is Cc1ccccc1CNCCCc1nccc2c(C)c(C)[nH]c12.Cl. The van der Waals surface area contributed by atoms with Gasteiger partial charge in [-0.3, -0.25) is 4.98 Å². The maximum Gasteiger partial charge on any atom is 0.0677 e. The second-order valence-corrected chi connectivity index (χ2v) is 6.26. The number of aromatic nitrogens is 2. The van der Waals surface area contributed by atoms with E-state index in [1.54, 1.807) is 0 Å². The monoisotopic (exact) mass is 343 g/mol. The molecule has 0 atom stereocenters. The number of benzene rings is 1. The maximum absolute atomic E-state index is 4.57. The summed E-state index contributed by atoms with van der Waals surface area (Å²) in [5.41, 5.74) is 7.69. The van der Waals surface area contributed by atoms with Crippen molar-refractivity contribution in [3.63, 3.8) is 0 Å². The number of aromatic amines is 1. The van der Waals surface area contributed by atoms with Crippen LogP contribution in [0.25, 0.3) is 10.9 Å². The number of hydrogen-bond acceptors (Lipinski definition) is 2. The first-order chi connectivity index (χ1) is 11.2. The molecule has 0 fully saturated rings. The van der Waals surface area contributed by atoms with Gasteiger partial charge in [0.05, 0.1) is 11.2 Å². The molecule has 0 radical (unpaired) electrons. The van der Waals surface area contributed by atoms with Gasteiger partial charge >= 0.3 is 0 Å². The largest absolute Gasteiger partial charge is 0.357 e. The van der Waals surface area contributed by atoms with Gasteiger partial charge in [-0.2, -0.15) is 0 Å². The van der Waals surface area contributed by atoms with E-state index in [1.165, 1.54) is 39.0 Å². The Morgan fingerprint density at radius 2 is 1.88 bits per heavy atom. The molecule has 1 aromatic carbocycles. The molecule has 3 aromatic rings. The highest BCUT2D eigenvalue weighted by atomic mass is 35.5. The number of aryl methyl sites for hydroxylation is 4. The van der Waals surface area contributed by atoms with Gasteiger partial charge < -0.3 is 10.3 Å². The number of halogens is 1. The zero-order valence-corrected chi connectivity index (χ0v) is 15.5. The van der Waals surface area contributed by atoms with Crippen LogP contribution in [-0.4, -0.2) is 16.5 Å². The van der Waals surface area contributed by atoms with E-state index in [9.17, 15) is 0 Å². The van der Waals surface area contributed by atoms with Gasteiger partial charge in [0.2, 0.25) is 0 Å². The molecule has 0 bridgehead atoms. The van der Waals surface area contributed by atoms with Gasteiger partial charge in [-0.05, 0) is 62.9 Å². The fourth-order valence-corrected chi connectivity index (χ4v) is 3.04. The topological polar surface area (TPSA) is 40.7 Å². The van der Waals surface area contributed by atoms with Crippen molar-refractivity contribution in [1.82, 2.24) is 15.3 Å². The third kappa shape index (κ3) is 3.97. The molecule has 2 N–H and O–H groups in total. The first kappa shape index (κ1) is 18.5. The molecule has 24 heavy (non-hydrogen) atoms. The predicted molar refractivity (Wildman–Crippen MR) is 104 cm³/mol. The van der Waals surface area contributed by atoms with E-state index in [1.807, 2.05) is 6.20 Å². The highest BCUT2D eigenvalue weighted by molar-refractivity contribution is 5.86. The van der Waals surface area contributed by atoms with Gasteiger partial charge in [0.25, 0.3) is 0 Å². The highest BCUT2D eigenvalue weighted by Gasteiger charge is 2.08. The zero-order valence-electron chi connectivity index (χ0n) is 14.6. The van der Waals surface area contributed by atoms with Crippen LogP contribution in [0.15, 0.2) is 36.5 Å². The Balaban J connectivity index is 0.00000208. The van der Waals surface area contributed by atoms with Gasteiger partial charge in [0, 0.05) is 23.8 Å². The van der Waals surface area contributed by atoms with E-state index in [-0.39, 0.29) is 12.4 Å². The Morgan fingerprint density at radius 3 is 2.67 bits per heavy atom. The van der Waals surface area contributed by atoms with E-state index in [0.29, 0.717) is 0 Å². The number of fused-ring (bicyclic) bond motifs is 1. The lowest BCUT2D eigenvalue weighted by Crippen LogP contribution is -2.16. The molecule has 3 rings (SSSR count). The number of hydrogen-bond donors (Lipinski definition) is 2. The van der Waals surface area contributed by atoms with E-state index in [4.69, 9.17) is 0 Å². The van der Waals surface area contributed by atoms with Crippen molar-refractivity contribution in [2.75, 3.05) is 6.54 Å². The fourth-order valence-electron chi connectivity index (χ4n) is 3.04.